The van der Waals surface area contributed by atoms with Gasteiger partial charge in [-0.25, -0.2) is 0 Å². The minimum Gasteiger partial charge on any atom is -0.371 e. The summed E-state index contributed by atoms with van der Waals surface area (Å²) in [6, 6.07) is 7.92. The predicted molar refractivity (Wildman–Crippen MR) is 86.8 cm³/mol. The van der Waals surface area contributed by atoms with Crippen LogP contribution in [0.4, 0.5) is 0 Å². The molecule has 3 heterocycles. The second-order valence-electron chi connectivity index (χ2n) is 5.57. The number of thiophene rings is 1. The van der Waals surface area contributed by atoms with Crippen LogP contribution < -0.4 is 5.32 Å². The van der Waals surface area contributed by atoms with Crippen molar-refractivity contribution in [1.29, 1.82) is 0 Å². The second kappa shape index (κ2) is 7.03. The summed E-state index contributed by atoms with van der Waals surface area (Å²) < 4.78 is 5.91. The lowest BCUT2D eigenvalue weighted by atomic mass is 9.96. The topological polar surface area (TPSA) is 51.2 Å². The van der Waals surface area contributed by atoms with Crippen LogP contribution in [0.1, 0.15) is 42.2 Å². The van der Waals surface area contributed by atoms with Crippen LogP contribution in [-0.2, 0) is 9.53 Å². The normalized spacial score (nSPS) is 23.0. The first-order chi connectivity index (χ1) is 10.8. The van der Waals surface area contributed by atoms with Gasteiger partial charge in [-0.15, -0.1) is 11.3 Å². The van der Waals surface area contributed by atoms with E-state index in [0.717, 1.165) is 29.9 Å². The van der Waals surface area contributed by atoms with Gasteiger partial charge in [0.1, 0.15) is 6.10 Å². The van der Waals surface area contributed by atoms with Gasteiger partial charge in [0.15, 0.2) is 0 Å². The van der Waals surface area contributed by atoms with Gasteiger partial charge in [0.25, 0.3) is 0 Å². The molecule has 22 heavy (non-hydrogen) atoms. The summed E-state index contributed by atoms with van der Waals surface area (Å²) in [6.07, 6.45) is 5.35. The zero-order chi connectivity index (χ0) is 15.4. The fourth-order valence-corrected chi connectivity index (χ4v) is 3.57. The lowest BCUT2D eigenvalue weighted by Gasteiger charge is -2.33. The Morgan fingerprint density at radius 2 is 2.23 bits per heavy atom. The quantitative estimate of drug-likeness (QED) is 0.942. The first-order valence-corrected chi connectivity index (χ1v) is 8.49. The molecule has 0 saturated carbocycles. The molecule has 0 aliphatic carbocycles. The van der Waals surface area contributed by atoms with Crippen LogP contribution in [0.15, 0.2) is 42.0 Å². The van der Waals surface area contributed by atoms with Crippen molar-refractivity contribution in [2.24, 2.45) is 0 Å². The van der Waals surface area contributed by atoms with Crippen LogP contribution in [-0.4, -0.2) is 23.5 Å². The van der Waals surface area contributed by atoms with Gasteiger partial charge >= 0.3 is 0 Å². The summed E-state index contributed by atoms with van der Waals surface area (Å²) in [5.74, 6) is -0.0583. The molecule has 3 rings (SSSR count). The Morgan fingerprint density at radius 3 is 2.95 bits per heavy atom. The van der Waals surface area contributed by atoms with E-state index in [1.54, 1.807) is 23.7 Å². The minimum atomic E-state index is -0.125. The van der Waals surface area contributed by atoms with Crippen molar-refractivity contribution < 1.29 is 9.53 Å². The van der Waals surface area contributed by atoms with E-state index in [4.69, 9.17) is 4.74 Å². The molecule has 2 aromatic heterocycles. The van der Waals surface area contributed by atoms with Crippen molar-refractivity contribution in [2.75, 3.05) is 6.61 Å². The molecule has 1 amide bonds. The van der Waals surface area contributed by atoms with Gasteiger partial charge in [-0.05, 0) is 48.9 Å². The van der Waals surface area contributed by atoms with Gasteiger partial charge in [0.05, 0.1) is 12.0 Å². The molecule has 1 N–H and O–H groups in total. The predicted octanol–water partition coefficient (Wildman–Crippen LogP) is 3.28. The molecule has 2 aromatic rings. The average molecular weight is 316 g/mol. The van der Waals surface area contributed by atoms with Crippen molar-refractivity contribution in [3.05, 3.63) is 52.5 Å². The Hall–Kier alpha value is -1.72. The minimum absolute atomic E-state index is 0.0195. The average Bonchev–Trinajstić information content (AvgIpc) is 3.10. The lowest BCUT2D eigenvalue weighted by molar-refractivity contribution is -0.125. The molecule has 1 unspecified atom stereocenters. The van der Waals surface area contributed by atoms with Gasteiger partial charge in [-0.3, -0.25) is 9.78 Å². The maximum atomic E-state index is 12.5. The number of nitrogens with zero attached hydrogens (tertiary/aromatic N) is 1. The van der Waals surface area contributed by atoms with Gasteiger partial charge in [-0.1, -0.05) is 6.07 Å². The van der Waals surface area contributed by atoms with Crippen LogP contribution in [0.5, 0.6) is 0 Å². The van der Waals surface area contributed by atoms with Crippen molar-refractivity contribution in [2.45, 2.75) is 37.8 Å². The molecule has 1 saturated heterocycles. The van der Waals surface area contributed by atoms with E-state index in [9.17, 15) is 4.79 Å². The highest BCUT2D eigenvalue weighted by atomic mass is 32.1. The highest BCUT2D eigenvalue weighted by Gasteiger charge is 2.30. The summed E-state index contributed by atoms with van der Waals surface area (Å²) in [5.41, 5.74) is 1.07. The van der Waals surface area contributed by atoms with E-state index in [1.807, 2.05) is 36.6 Å². The number of hydrogen-bond donors (Lipinski definition) is 1. The zero-order valence-electron chi connectivity index (χ0n) is 12.6. The van der Waals surface area contributed by atoms with Crippen LogP contribution in [0, 0.1) is 0 Å². The Bertz CT molecular complexity index is 600. The van der Waals surface area contributed by atoms with Crippen molar-refractivity contribution in [1.82, 2.24) is 10.3 Å². The van der Waals surface area contributed by atoms with Crippen LogP contribution in [0.3, 0.4) is 0 Å². The fraction of sp³-hybridized carbons (Fsp3) is 0.412. The van der Waals surface area contributed by atoms with Crippen LogP contribution in [0.25, 0.3) is 0 Å². The third kappa shape index (κ3) is 3.36. The molecule has 3 atom stereocenters. The molecular weight excluding hydrogens is 296 g/mol. The first-order valence-electron chi connectivity index (χ1n) is 7.61. The van der Waals surface area contributed by atoms with Crippen molar-refractivity contribution in [3.63, 3.8) is 0 Å². The molecule has 0 aromatic carbocycles. The summed E-state index contributed by atoms with van der Waals surface area (Å²) >= 11 is 1.62. The van der Waals surface area contributed by atoms with Gasteiger partial charge in [0, 0.05) is 23.9 Å². The molecule has 5 heteroatoms. The standard InChI is InChI=1S/C17H20N2O2S/c1-12(15-5-3-11-22-15)17(20)19-14-4-2-10-21-16(14)13-6-8-18-9-7-13/h3,5-9,11-12,14,16H,2,4,10H2,1H3,(H,19,20)/t12?,14-,16+/m0/s1. The number of amides is 1. The number of ether oxygens (including phenoxy) is 1. The van der Waals surface area contributed by atoms with E-state index >= 15 is 0 Å². The summed E-state index contributed by atoms with van der Waals surface area (Å²) in [5, 5.41) is 5.18. The Balaban J connectivity index is 1.70. The van der Waals surface area contributed by atoms with Crippen LogP contribution in [0.2, 0.25) is 0 Å². The number of hydrogen-bond acceptors (Lipinski definition) is 4. The molecule has 1 fully saturated rings. The third-order valence-corrected chi connectivity index (χ3v) is 5.10. The summed E-state index contributed by atoms with van der Waals surface area (Å²) in [7, 11) is 0. The molecule has 0 spiro atoms. The molecule has 1 aliphatic heterocycles. The second-order valence-corrected chi connectivity index (χ2v) is 6.55. The monoisotopic (exact) mass is 316 g/mol. The maximum Gasteiger partial charge on any atom is 0.228 e. The SMILES string of the molecule is CC(C(=O)N[C@H]1CCCO[C@@H]1c1ccncc1)c1cccs1. The summed E-state index contributed by atoms with van der Waals surface area (Å²) in [6.45, 7) is 2.69. The molecule has 4 nitrogen and oxygen atoms in total. The number of carbonyl (C=O) groups is 1. The molecule has 0 bridgehead atoms. The van der Waals surface area contributed by atoms with Crippen molar-refractivity contribution >= 4 is 17.2 Å². The molecule has 1 aliphatic rings. The highest BCUT2D eigenvalue weighted by molar-refractivity contribution is 7.10. The van der Waals surface area contributed by atoms with Gasteiger partial charge < -0.3 is 10.1 Å². The largest absolute Gasteiger partial charge is 0.371 e. The zero-order valence-corrected chi connectivity index (χ0v) is 13.4. The first kappa shape index (κ1) is 15.2. The molecule has 116 valence electrons. The van der Waals surface area contributed by atoms with E-state index in [0.29, 0.717) is 0 Å². The number of carbonyl (C=O) groups excluding carboxylic acids is 1. The number of rotatable bonds is 4. The third-order valence-electron chi connectivity index (χ3n) is 4.05. The fourth-order valence-electron chi connectivity index (χ4n) is 2.79. The van der Waals surface area contributed by atoms with Gasteiger partial charge in [-0.2, -0.15) is 0 Å². The smallest absolute Gasteiger partial charge is 0.228 e. The number of nitrogens with one attached hydrogen (secondary N) is 1. The Kier molecular flexibility index (Phi) is 4.85. The number of pyridine rings is 1. The van der Waals surface area contributed by atoms with E-state index < -0.39 is 0 Å². The van der Waals surface area contributed by atoms with E-state index in [2.05, 4.69) is 10.3 Å². The lowest BCUT2D eigenvalue weighted by Crippen LogP contribution is -2.44. The number of aromatic nitrogens is 1. The Labute approximate surface area is 134 Å². The van der Waals surface area contributed by atoms with Gasteiger partial charge in [0.2, 0.25) is 5.91 Å². The molecule has 0 radical (unpaired) electrons. The van der Waals surface area contributed by atoms with Crippen molar-refractivity contribution in [3.8, 4) is 0 Å². The van der Waals surface area contributed by atoms with E-state index in [1.165, 1.54) is 0 Å². The van der Waals surface area contributed by atoms with Crippen LogP contribution >= 0.6 is 11.3 Å². The summed E-state index contributed by atoms with van der Waals surface area (Å²) in [4.78, 5) is 17.7. The Morgan fingerprint density at radius 1 is 1.41 bits per heavy atom. The maximum absolute atomic E-state index is 12.5. The molecular formula is C17H20N2O2S. The van der Waals surface area contributed by atoms with E-state index in [-0.39, 0.29) is 24.0 Å². The highest BCUT2D eigenvalue weighted by Crippen LogP contribution is 2.29.